The summed E-state index contributed by atoms with van der Waals surface area (Å²) < 4.78 is 11.2. The second-order valence-electron chi connectivity index (χ2n) is 7.57. The molecule has 2 saturated heterocycles. The van der Waals surface area contributed by atoms with Gasteiger partial charge in [0.2, 0.25) is 0 Å². The van der Waals surface area contributed by atoms with Crippen molar-refractivity contribution < 1.29 is 19.1 Å². The maximum atomic E-state index is 12.8. The van der Waals surface area contributed by atoms with Gasteiger partial charge in [-0.15, -0.1) is 0 Å². The normalized spacial score (nSPS) is 19.9. The third kappa shape index (κ3) is 4.20. The van der Waals surface area contributed by atoms with Crippen LogP contribution in [0.3, 0.4) is 0 Å². The summed E-state index contributed by atoms with van der Waals surface area (Å²) in [5.41, 5.74) is 0.227. The Hall–Kier alpha value is -2.24. The van der Waals surface area contributed by atoms with Crippen LogP contribution in [0.25, 0.3) is 0 Å². The van der Waals surface area contributed by atoms with E-state index < -0.39 is 5.60 Å². The van der Waals surface area contributed by atoms with Gasteiger partial charge in [-0.1, -0.05) is 13.3 Å². The number of benzene rings is 1. The van der Waals surface area contributed by atoms with Crippen molar-refractivity contribution in [2.45, 2.75) is 58.1 Å². The van der Waals surface area contributed by atoms with E-state index in [0.717, 1.165) is 18.6 Å². The molecule has 1 atom stereocenters. The smallest absolute Gasteiger partial charge is 0.410 e. The zero-order chi connectivity index (χ0) is 19.4. The second-order valence-corrected chi connectivity index (χ2v) is 7.57. The van der Waals surface area contributed by atoms with Crippen LogP contribution >= 0.6 is 0 Å². The van der Waals surface area contributed by atoms with E-state index in [2.05, 4.69) is 13.8 Å². The molecule has 1 aromatic carbocycles. The average molecular weight is 374 g/mol. The van der Waals surface area contributed by atoms with Gasteiger partial charge in [0.05, 0.1) is 13.2 Å². The predicted molar refractivity (Wildman–Crippen MR) is 103 cm³/mol. The molecule has 6 nitrogen and oxygen atoms in total. The largest absolute Gasteiger partial charge is 0.494 e. The van der Waals surface area contributed by atoms with Crippen LogP contribution in [0.1, 0.15) is 56.8 Å². The van der Waals surface area contributed by atoms with Crippen molar-refractivity contribution in [1.82, 2.24) is 9.80 Å². The lowest BCUT2D eigenvalue weighted by Gasteiger charge is -2.37. The number of carbonyl (C=O) groups is 2. The minimum Gasteiger partial charge on any atom is -0.494 e. The number of hydrogen-bond acceptors (Lipinski definition) is 4. The third-order valence-corrected chi connectivity index (χ3v) is 5.61. The third-order valence-electron chi connectivity index (χ3n) is 5.61. The van der Waals surface area contributed by atoms with E-state index in [9.17, 15) is 9.59 Å². The van der Waals surface area contributed by atoms with Gasteiger partial charge in [0, 0.05) is 37.5 Å². The number of ether oxygens (including phenoxy) is 2. The monoisotopic (exact) mass is 374 g/mol. The molecule has 3 rings (SSSR count). The minimum atomic E-state index is -0.436. The van der Waals surface area contributed by atoms with E-state index in [-0.39, 0.29) is 18.0 Å². The molecule has 0 radical (unpaired) electrons. The van der Waals surface area contributed by atoms with E-state index in [1.54, 1.807) is 0 Å². The quantitative estimate of drug-likeness (QED) is 0.762. The summed E-state index contributed by atoms with van der Waals surface area (Å²) in [4.78, 5) is 28.8. The average Bonchev–Trinajstić information content (AvgIpc) is 2.99. The van der Waals surface area contributed by atoms with E-state index in [1.165, 1.54) is 0 Å². The van der Waals surface area contributed by atoms with E-state index in [1.807, 2.05) is 41.0 Å². The van der Waals surface area contributed by atoms with Crippen LogP contribution in [0.4, 0.5) is 4.79 Å². The molecule has 2 aliphatic rings. The van der Waals surface area contributed by atoms with Crippen molar-refractivity contribution in [1.29, 1.82) is 0 Å². The van der Waals surface area contributed by atoms with Gasteiger partial charge in [0.15, 0.2) is 0 Å². The fourth-order valence-corrected chi connectivity index (χ4v) is 3.98. The lowest BCUT2D eigenvalue weighted by atomic mass is 9.90. The fourth-order valence-electron chi connectivity index (χ4n) is 3.98. The molecule has 0 aliphatic carbocycles. The summed E-state index contributed by atoms with van der Waals surface area (Å²) in [6.07, 6.45) is 3.20. The van der Waals surface area contributed by atoms with Gasteiger partial charge in [-0.25, -0.2) is 4.79 Å². The van der Waals surface area contributed by atoms with Crippen molar-refractivity contribution in [2.24, 2.45) is 0 Å². The number of rotatable bonds is 6. The Kier molecular flexibility index (Phi) is 5.92. The Morgan fingerprint density at radius 1 is 1.22 bits per heavy atom. The van der Waals surface area contributed by atoms with Crippen LogP contribution in [-0.2, 0) is 4.74 Å². The van der Waals surface area contributed by atoms with Crippen molar-refractivity contribution >= 4 is 12.0 Å². The Labute approximate surface area is 161 Å². The van der Waals surface area contributed by atoms with Crippen LogP contribution in [0, 0.1) is 0 Å². The molecule has 6 heteroatoms. The number of piperidine rings is 1. The van der Waals surface area contributed by atoms with Gasteiger partial charge < -0.3 is 19.3 Å². The van der Waals surface area contributed by atoms with Crippen LogP contribution in [-0.4, -0.2) is 59.7 Å². The highest BCUT2D eigenvalue weighted by Gasteiger charge is 2.48. The highest BCUT2D eigenvalue weighted by molar-refractivity contribution is 5.94. The molecule has 148 valence electrons. The molecule has 0 aromatic heterocycles. The summed E-state index contributed by atoms with van der Waals surface area (Å²) >= 11 is 0. The molecule has 2 heterocycles. The number of nitrogens with zero attached hydrogens (tertiary/aromatic N) is 2. The summed E-state index contributed by atoms with van der Waals surface area (Å²) in [6, 6.07) is 7.47. The molecule has 0 N–H and O–H groups in total. The first-order valence-corrected chi connectivity index (χ1v) is 10.00. The highest BCUT2D eigenvalue weighted by Crippen LogP contribution is 2.35. The van der Waals surface area contributed by atoms with Crippen molar-refractivity contribution in [3.8, 4) is 5.75 Å². The SMILES string of the molecule is CCC[C@H](C)N1CC2(CCN(C(=O)c3ccc(OCC)cc3)CC2)OC1=O. The molecule has 1 aromatic rings. The summed E-state index contributed by atoms with van der Waals surface area (Å²) in [5, 5.41) is 0. The Balaban J connectivity index is 1.58. The Morgan fingerprint density at radius 3 is 2.48 bits per heavy atom. The Bertz CT molecular complexity index is 665. The highest BCUT2D eigenvalue weighted by atomic mass is 16.6. The molecule has 0 saturated carbocycles. The molecule has 0 bridgehead atoms. The number of hydrogen-bond donors (Lipinski definition) is 0. The molecule has 1 spiro atoms. The minimum absolute atomic E-state index is 0.0217. The molecule has 2 aliphatic heterocycles. The lowest BCUT2D eigenvalue weighted by molar-refractivity contribution is 0.00307. The standard InChI is InChI=1S/C21H30N2O4/c1-4-6-16(3)23-15-21(27-20(23)25)11-13-22(14-12-21)19(24)17-7-9-18(10-8-17)26-5-2/h7-10,16H,4-6,11-15H2,1-3H3/t16-/m0/s1. The zero-order valence-electron chi connectivity index (χ0n) is 16.6. The summed E-state index contributed by atoms with van der Waals surface area (Å²) in [6.45, 7) is 8.59. The maximum absolute atomic E-state index is 12.8. The van der Waals surface area contributed by atoms with Crippen molar-refractivity contribution in [2.75, 3.05) is 26.2 Å². The van der Waals surface area contributed by atoms with Crippen molar-refractivity contribution in [3.63, 3.8) is 0 Å². The van der Waals surface area contributed by atoms with Crippen LogP contribution in [0.2, 0.25) is 0 Å². The van der Waals surface area contributed by atoms with E-state index in [0.29, 0.717) is 44.6 Å². The lowest BCUT2D eigenvalue weighted by Crippen LogP contribution is -2.49. The number of likely N-dealkylation sites (tertiary alicyclic amines) is 1. The topological polar surface area (TPSA) is 59.1 Å². The van der Waals surface area contributed by atoms with Gasteiger partial charge in [0.25, 0.3) is 5.91 Å². The summed E-state index contributed by atoms with van der Waals surface area (Å²) in [7, 11) is 0. The molecule has 27 heavy (non-hydrogen) atoms. The van der Waals surface area contributed by atoms with E-state index in [4.69, 9.17) is 9.47 Å². The van der Waals surface area contributed by atoms with Gasteiger partial charge in [-0.3, -0.25) is 4.79 Å². The van der Waals surface area contributed by atoms with Crippen LogP contribution in [0.15, 0.2) is 24.3 Å². The first kappa shape index (κ1) is 19.5. The van der Waals surface area contributed by atoms with Crippen LogP contribution < -0.4 is 4.74 Å². The first-order chi connectivity index (χ1) is 13.0. The number of carbonyl (C=O) groups excluding carboxylic acids is 2. The first-order valence-electron chi connectivity index (χ1n) is 10.00. The molecular weight excluding hydrogens is 344 g/mol. The van der Waals surface area contributed by atoms with Gasteiger partial charge >= 0.3 is 6.09 Å². The molecule has 2 amide bonds. The van der Waals surface area contributed by atoms with E-state index >= 15 is 0 Å². The zero-order valence-corrected chi connectivity index (χ0v) is 16.6. The molecule has 2 fully saturated rings. The van der Waals surface area contributed by atoms with Crippen LogP contribution in [0.5, 0.6) is 5.75 Å². The number of amides is 2. The van der Waals surface area contributed by atoms with Gasteiger partial charge in [-0.2, -0.15) is 0 Å². The predicted octanol–water partition coefficient (Wildman–Crippen LogP) is 3.70. The Morgan fingerprint density at radius 2 is 1.89 bits per heavy atom. The van der Waals surface area contributed by atoms with Gasteiger partial charge in [-0.05, 0) is 44.5 Å². The van der Waals surface area contributed by atoms with Crippen molar-refractivity contribution in [3.05, 3.63) is 29.8 Å². The fraction of sp³-hybridized carbons (Fsp3) is 0.619. The second kappa shape index (κ2) is 8.19. The maximum Gasteiger partial charge on any atom is 0.410 e. The molecular formula is C21H30N2O4. The molecule has 0 unspecified atom stereocenters. The van der Waals surface area contributed by atoms with Gasteiger partial charge in [0.1, 0.15) is 11.4 Å². The summed E-state index contributed by atoms with van der Waals surface area (Å²) in [5.74, 6) is 0.791.